The lowest BCUT2D eigenvalue weighted by atomic mass is 9.97. The highest BCUT2D eigenvalue weighted by molar-refractivity contribution is 5.93. The molecule has 1 amide bonds. The summed E-state index contributed by atoms with van der Waals surface area (Å²) in [6.45, 7) is 4.80. The highest BCUT2D eigenvalue weighted by Crippen LogP contribution is 2.24. The normalized spacial score (nSPS) is 18.7. The summed E-state index contributed by atoms with van der Waals surface area (Å²) in [6.07, 6.45) is 3.54. The molecule has 1 aliphatic heterocycles. The van der Waals surface area contributed by atoms with Crippen LogP contribution < -0.4 is 0 Å². The Hall–Kier alpha value is -1.85. The smallest absolute Gasteiger partial charge is 0.303 e. The van der Waals surface area contributed by atoms with Crippen molar-refractivity contribution in [2.75, 3.05) is 6.54 Å². The van der Waals surface area contributed by atoms with E-state index < -0.39 is 5.97 Å². The molecule has 0 saturated carbocycles. The molecular weight excluding hydrogens is 282 g/mol. The zero-order valence-electron chi connectivity index (χ0n) is 13.6. The van der Waals surface area contributed by atoms with E-state index in [0.29, 0.717) is 18.7 Å². The number of amides is 1. The highest BCUT2D eigenvalue weighted by Gasteiger charge is 2.29. The Bertz CT molecular complexity index is 551. The van der Waals surface area contributed by atoms with Gasteiger partial charge in [-0.25, -0.2) is 0 Å². The van der Waals surface area contributed by atoms with Crippen molar-refractivity contribution in [3.8, 4) is 0 Å². The van der Waals surface area contributed by atoms with Gasteiger partial charge in [0.05, 0.1) is 5.69 Å². The third kappa shape index (κ3) is 3.67. The fraction of sp³-hybridized carbons (Fsp3) is 0.688. The number of carboxylic acids is 1. The quantitative estimate of drug-likeness (QED) is 0.906. The van der Waals surface area contributed by atoms with E-state index in [1.54, 1.807) is 11.7 Å². The Morgan fingerprint density at radius 1 is 1.41 bits per heavy atom. The summed E-state index contributed by atoms with van der Waals surface area (Å²) in [5.41, 5.74) is 1.50. The lowest BCUT2D eigenvalue weighted by molar-refractivity contribution is -0.137. The molecule has 1 saturated heterocycles. The minimum absolute atomic E-state index is 0.0229. The van der Waals surface area contributed by atoms with Crippen molar-refractivity contribution in [3.63, 3.8) is 0 Å². The molecule has 0 unspecified atom stereocenters. The van der Waals surface area contributed by atoms with E-state index in [9.17, 15) is 9.59 Å². The van der Waals surface area contributed by atoms with Crippen LogP contribution in [0.2, 0.25) is 0 Å². The van der Waals surface area contributed by atoms with Crippen molar-refractivity contribution in [1.29, 1.82) is 0 Å². The Morgan fingerprint density at radius 3 is 2.73 bits per heavy atom. The maximum atomic E-state index is 12.8. The minimum Gasteiger partial charge on any atom is -0.481 e. The van der Waals surface area contributed by atoms with Crippen LogP contribution in [0.4, 0.5) is 0 Å². The van der Waals surface area contributed by atoms with E-state index in [1.165, 1.54) is 0 Å². The number of piperidine rings is 1. The Morgan fingerprint density at radius 2 is 2.14 bits per heavy atom. The Balaban J connectivity index is 2.16. The zero-order valence-corrected chi connectivity index (χ0v) is 13.6. The van der Waals surface area contributed by atoms with E-state index in [2.05, 4.69) is 5.10 Å². The lowest BCUT2D eigenvalue weighted by Gasteiger charge is -2.35. The number of hydrogen-bond acceptors (Lipinski definition) is 3. The molecule has 1 N–H and O–H groups in total. The van der Waals surface area contributed by atoms with Gasteiger partial charge in [0.25, 0.3) is 5.91 Å². The van der Waals surface area contributed by atoms with Gasteiger partial charge >= 0.3 is 5.97 Å². The van der Waals surface area contributed by atoms with Gasteiger partial charge < -0.3 is 10.0 Å². The molecule has 1 fully saturated rings. The van der Waals surface area contributed by atoms with Crippen LogP contribution >= 0.6 is 0 Å². The van der Waals surface area contributed by atoms with Crippen LogP contribution in [0.5, 0.6) is 0 Å². The fourth-order valence-electron chi connectivity index (χ4n) is 2.98. The first-order chi connectivity index (χ1) is 10.4. The SMILES string of the molecule is CC(C)c1cc(C(=O)N2CCCC[C@@H]2CCC(=O)O)n(C)n1. The standard InChI is InChI=1S/C16H25N3O3/c1-11(2)13-10-14(18(3)17-13)16(22)19-9-5-4-6-12(19)7-8-15(20)21/h10-12H,4-9H2,1-3H3,(H,20,21)/t12-/m1/s1. The van der Waals surface area contributed by atoms with Crippen molar-refractivity contribution in [3.05, 3.63) is 17.5 Å². The number of carbonyl (C=O) groups excluding carboxylic acids is 1. The fourth-order valence-corrected chi connectivity index (χ4v) is 2.98. The van der Waals surface area contributed by atoms with Crippen LogP contribution in [0.3, 0.4) is 0 Å². The second-order valence-corrected chi connectivity index (χ2v) is 6.31. The number of likely N-dealkylation sites (tertiary alicyclic amines) is 1. The number of rotatable bonds is 5. The molecule has 0 radical (unpaired) electrons. The average Bonchev–Trinajstić information content (AvgIpc) is 2.87. The second kappa shape index (κ2) is 6.94. The number of aliphatic carboxylic acids is 1. The molecule has 2 heterocycles. The summed E-state index contributed by atoms with van der Waals surface area (Å²) in [4.78, 5) is 25.5. The number of carboxylic acid groups (broad SMARTS) is 1. The highest BCUT2D eigenvalue weighted by atomic mass is 16.4. The van der Waals surface area contributed by atoms with Crippen LogP contribution in [0, 0.1) is 0 Å². The predicted molar refractivity (Wildman–Crippen MR) is 82.8 cm³/mol. The number of carbonyl (C=O) groups is 2. The summed E-state index contributed by atoms with van der Waals surface area (Å²) in [7, 11) is 1.79. The molecule has 6 heteroatoms. The van der Waals surface area contributed by atoms with E-state index in [1.807, 2.05) is 24.8 Å². The number of aromatic nitrogens is 2. The molecule has 1 aromatic rings. The van der Waals surface area contributed by atoms with E-state index in [-0.39, 0.29) is 24.3 Å². The maximum absolute atomic E-state index is 12.8. The molecule has 22 heavy (non-hydrogen) atoms. The van der Waals surface area contributed by atoms with Crippen LogP contribution in [0.15, 0.2) is 6.07 Å². The van der Waals surface area contributed by atoms with Gasteiger partial charge in [-0.15, -0.1) is 0 Å². The molecule has 0 spiro atoms. The van der Waals surface area contributed by atoms with Crippen molar-refractivity contribution in [1.82, 2.24) is 14.7 Å². The molecule has 1 atom stereocenters. The summed E-state index contributed by atoms with van der Waals surface area (Å²) in [6, 6.07) is 1.88. The molecule has 1 aromatic heterocycles. The summed E-state index contributed by atoms with van der Waals surface area (Å²) in [5.74, 6) is -0.561. The second-order valence-electron chi connectivity index (χ2n) is 6.31. The van der Waals surface area contributed by atoms with Gasteiger partial charge in [-0.05, 0) is 37.7 Å². The topological polar surface area (TPSA) is 75.4 Å². The first-order valence-electron chi connectivity index (χ1n) is 7.97. The molecule has 0 aliphatic carbocycles. The summed E-state index contributed by atoms with van der Waals surface area (Å²) < 4.78 is 1.64. The maximum Gasteiger partial charge on any atom is 0.303 e. The van der Waals surface area contributed by atoms with Crippen molar-refractivity contribution in [2.24, 2.45) is 7.05 Å². The molecule has 6 nitrogen and oxygen atoms in total. The van der Waals surface area contributed by atoms with E-state index in [0.717, 1.165) is 25.0 Å². The van der Waals surface area contributed by atoms with E-state index in [4.69, 9.17) is 5.11 Å². The molecular formula is C16H25N3O3. The number of nitrogens with zero attached hydrogens (tertiary/aromatic N) is 3. The van der Waals surface area contributed by atoms with Crippen LogP contribution in [0.1, 0.15) is 68.1 Å². The number of aryl methyl sites for hydroxylation is 1. The first-order valence-corrected chi connectivity index (χ1v) is 7.97. The minimum atomic E-state index is -0.805. The summed E-state index contributed by atoms with van der Waals surface area (Å²) >= 11 is 0. The molecule has 1 aliphatic rings. The van der Waals surface area contributed by atoms with Gasteiger partial charge in [-0.2, -0.15) is 5.10 Å². The monoisotopic (exact) mass is 307 g/mol. The number of hydrogen-bond donors (Lipinski definition) is 1. The van der Waals surface area contributed by atoms with Gasteiger partial charge in [0.2, 0.25) is 0 Å². The molecule has 2 rings (SSSR count). The average molecular weight is 307 g/mol. The van der Waals surface area contributed by atoms with Gasteiger partial charge in [-0.3, -0.25) is 14.3 Å². The largest absolute Gasteiger partial charge is 0.481 e. The van der Waals surface area contributed by atoms with Crippen molar-refractivity contribution >= 4 is 11.9 Å². The predicted octanol–water partition coefficient (Wildman–Crippen LogP) is 2.40. The van der Waals surface area contributed by atoms with Gasteiger partial charge in [0, 0.05) is 26.1 Å². The van der Waals surface area contributed by atoms with Gasteiger partial charge in [0.15, 0.2) is 0 Å². The van der Waals surface area contributed by atoms with Crippen molar-refractivity contribution < 1.29 is 14.7 Å². The summed E-state index contributed by atoms with van der Waals surface area (Å²) in [5, 5.41) is 13.3. The zero-order chi connectivity index (χ0) is 16.3. The van der Waals surface area contributed by atoms with Gasteiger partial charge in [0.1, 0.15) is 5.69 Å². The lowest BCUT2D eigenvalue weighted by Crippen LogP contribution is -2.44. The van der Waals surface area contributed by atoms with Gasteiger partial charge in [-0.1, -0.05) is 13.8 Å². The van der Waals surface area contributed by atoms with E-state index >= 15 is 0 Å². The van der Waals surface area contributed by atoms with Crippen LogP contribution in [-0.4, -0.2) is 44.3 Å². The Kier molecular flexibility index (Phi) is 5.21. The molecule has 0 aromatic carbocycles. The third-order valence-corrected chi connectivity index (χ3v) is 4.29. The third-order valence-electron chi connectivity index (χ3n) is 4.29. The van der Waals surface area contributed by atoms with Crippen molar-refractivity contribution in [2.45, 2.75) is 57.9 Å². The molecule has 0 bridgehead atoms. The first kappa shape index (κ1) is 16.5. The Labute approximate surface area is 131 Å². The molecule has 122 valence electrons. The van der Waals surface area contributed by atoms with Crippen LogP contribution in [0.25, 0.3) is 0 Å². The van der Waals surface area contributed by atoms with Crippen LogP contribution in [-0.2, 0) is 11.8 Å².